The normalized spacial score (nSPS) is 13.2. The lowest BCUT2D eigenvalue weighted by atomic mass is 10.2. The van der Waals surface area contributed by atoms with Gasteiger partial charge in [0.05, 0.1) is 16.6 Å². The molecule has 6 nitrogen and oxygen atoms in total. The van der Waals surface area contributed by atoms with Crippen LogP contribution >= 0.6 is 0 Å². The van der Waals surface area contributed by atoms with E-state index in [1.165, 1.54) is 17.4 Å². The zero-order valence-corrected chi connectivity index (χ0v) is 14.2. The summed E-state index contributed by atoms with van der Waals surface area (Å²) >= 11 is 0. The topological polar surface area (TPSA) is 71.3 Å². The molecule has 0 spiro atoms. The molecule has 3 aromatic rings. The minimum Gasteiger partial charge on any atom is -0.371 e. The first kappa shape index (κ1) is 15.6. The molecule has 0 saturated carbocycles. The highest BCUT2D eigenvalue weighted by Gasteiger charge is 2.17. The van der Waals surface area contributed by atoms with Gasteiger partial charge >= 0.3 is 0 Å². The average molecular weight is 336 g/mol. The highest BCUT2D eigenvalue weighted by molar-refractivity contribution is 5.96. The fraction of sp³-hybridized carbons (Fsp3) is 0.316. The Labute approximate surface area is 145 Å². The van der Waals surface area contributed by atoms with Gasteiger partial charge in [0.15, 0.2) is 0 Å². The number of para-hydroxylation sites is 1. The largest absolute Gasteiger partial charge is 0.371 e. The van der Waals surface area contributed by atoms with Crippen LogP contribution in [-0.2, 0) is 6.42 Å². The highest BCUT2D eigenvalue weighted by Crippen LogP contribution is 2.27. The minimum atomic E-state index is -0.114. The van der Waals surface area contributed by atoms with E-state index in [1.54, 1.807) is 6.07 Å². The molecule has 4 rings (SSSR count). The summed E-state index contributed by atoms with van der Waals surface area (Å²) in [6.07, 6.45) is 3.54. The summed E-state index contributed by atoms with van der Waals surface area (Å²) in [5, 5.41) is 7.61. The summed E-state index contributed by atoms with van der Waals surface area (Å²) in [5.74, 6) is -0.114. The van der Waals surface area contributed by atoms with Crippen molar-refractivity contribution < 1.29 is 9.32 Å². The van der Waals surface area contributed by atoms with Gasteiger partial charge in [0.25, 0.3) is 11.6 Å². The van der Waals surface area contributed by atoms with E-state index in [1.807, 2.05) is 6.92 Å². The van der Waals surface area contributed by atoms with E-state index in [2.05, 4.69) is 44.6 Å². The molecule has 1 aliphatic rings. The number of benzene rings is 1. The predicted molar refractivity (Wildman–Crippen MR) is 95.9 cm³/mol. The number of nitrogens with one attached hydrogen (secondary N) is 1. The molecule has 0 radical (unpaired) electrons. The molecule has 25 heavy (non-hydrogen) atoms. The second kappa shape index (κ2) is 6.55. The number of aromatic nitrogens is 2. The van der Waals surface area contributed by atoms with Crippen LogP contribution < -0.4 is 10.2 Å². The lowest BCUT2D eigenvalue weighted by molar-refractivity contribution is 0.0953. The number of amides is 1. The van der Waals surface area contributed by atoms with Crippen LogP contribution in [0.1, 0.15) is 28.0 Å². The summed E-state index contributed by atoms with van der Waals surface area (Å²) in [4.78, 5) is 18.8. The summed E-state index contributed by atoms with van der Waals surface area (Å²) in [7, 11) is 0. The van der Waals surface area contributed by atoms with Crippen molar-refractivity contribution in [3.05, 3.63) is 53.3 Å². The third-order valence-corrected chi connectivity index (χ3v) is 4.65. The number of hydrogen-bond donors (Lipinski definition) is 1. The Morgan fingerprint density at radius 1 is 1.36 bits per heavy atom. The first-order valence-electron chi connectivity index (χ1n) is 8.55. The Hall–Kier alpha value is -2.89. The quantitative estimate of drug-likeness (QED) is 0.725. The first-order valence-corrected chi connectivity index (χ1v) is 8.55. The monoisotopic (exact) mass is 336 g/mol. The van der Waals surface area contributed by atoms with Crippen LogP contribution in [0.5, 0.6) is 0 Å². The standard InChI is InChI=1S/C19H20N4O2/c1-13-16-11-15(12-21-19(16)25-22-13)18(24)20-8-4-9-23-10-7-14-5-2-3-6-17(14)23/h2-3,5-6,11-12H,4,7-10H2,1H3,(H,20,24). The maximum Gasteiger partial charge on any atom is 0.257 e. The molecule has 1 amide bonds. The summed E-state index contributed by atoms with van der Waals surface area (Å²) in [6.45, 7) is 4.47. The lowest BCUT2D eigenvalue weighted by Crippen LogP contribution is -2.29. The van der Waals surface area contributed by atoms with E-state index >= 15 is 0 Å². The fourth-order valence-corrected chi connectivity index (χ4v) is 3.28. The summed E-state index contributed by atoms with van der Waals surface area (Å²) in [5.41, 5.74) is 4.47. The molecule has 0 fully saturated rings. The molecule has 1 aromatic carbocycles. The second-order valence-corrected chi connectivity index (χ2v) is 6.32. The molecule has 2 aromatic heterocycles. The van der Waals surface area contributed by atoms with E-state index in [0.717, 1.165) is 37.0 Å². The number of nitrogens with zero attached hydrogens (tertiary/aromatic N) is 3. The van der Waals surface area contributed by atoms with E-state index < -0.39 is 0 Å². The van der Waals surface area contributed by atoms with Gasteiger partial charge in [-0.2, -0.15) is 0 Å². The molecule has 3 heterocycles. The Morgan fingerprint density at radius 3 is 3.16 bits per heavy atom. The molecule has 0 saturated heterocycles. The number of hydrogen-bond acceptors (Lipinski definition) is 5. The Morgan fingerprint density at radius 2 is 2.24 bits per heavy atom. The van der Waals surface area contributed by atoms with Crippen molar-refractivity contribution in [2.75, 3.05) is 24.5 Å². The SMILES string of the molecule is Cc1noc2ncc(C(=O)NCCCN3CCc4ccccc43)cc12. The van der Waals surface area contributed by atoms with Gasteiger partial charge in [0, 0.05) is 31.5 Å². The van der Waals surface area contributed by atoms with Crippen LogP contribution in [0.4, 0.5) is 5.69 Å². The van der Waals surface area contributed by atoms with Crippen LogP contribution in [-0.4, -0.2) is 35.7 Å². The number of aryl methyl sites for hydroxylation is 1. The minimum absolute atomic E-state index is 0.114. The molecule has 6 heteroatoms. The molecule has 0 atom stereocenters. The van der Waals surface area contributed by atoms with Gasteiger partial charge in [-0.25, -0.2) is 4.98 Å². The Kier molecular flexibility index (Phi) is 4.09. The molecule has 0 unspecified atom stereocenters. The van der Waals surface area contributed by atoms with E-state index in [-0.39, 0.29) is 5.91 Å². The van der Waals surface area contributed by atoms with Crippen molar-refractivity contribution in [2.24, 2.45) is 0 Å². The smallest absolute Gasteiger partial charge is 0.257 e. The lowest BCUT2D eigenvalue weighted by Gasteiger charge is -2.19. The maximum atomic E-state index is 12.3. The molecular formula is C19H20N4O2. The molecule has 1 aliphatic heterocycles. The predicted octanol–water partition coefficient (Wildman–Crippen LogP) is 2.71. The van der Waals surface area contributed by atoms with Crippen molar-refractivity contribution in [1.82, 2.24) is 15.5 Å². The summed E-state index contributed by atoms with van der Waals surface area (Å²) < 4.78 is 5.07. The molecule has 128 valence electrons. The van der Waals surface area contributed by atoms with E-state index in [9.17, 15) is 4.79 Å². The molecule has 0 bridgehead atoms. The molecule has 1 N–H and O–H groups in total. The average Bonchev–Trinajstić information content (AvgIpc) is 3.22. The second-order valence-electron chi connectivity index (χ2n) is 6.32. The fourth-order valence-electron chi connectivity index (χ4n) is 3.28. The third-order valence-electron chi connectivity index (χ3n) is 4.65. The van der Waals surface area contributed by atoms with Crippen molar-refractivity contribution in [3.8, 4) is 0 Å². The van der Waals surface area contributed by atoms with Gasteiger partial charge in [-0.05, 0) is 37.5 Å². The molecular weight excluding hydrogens is 316 g/mol. The van der Waals surface area contributed by atoms with Crippen LogP contribution in [0.2, 0.25) is 0 Å². The van der Waals surface area contributed by atoms with Crippen LogP contribution in [0.15, 0.2) is 41.1 Å². The van der Waals surface area contributed by atoms with Gasteiger partial charge in [0.2, 0.25) is 0 Å². The summed E-state index contributed by atoms with van der Waals surface area (Å²) in [6, 6.07) is 10.3. The van der Waals surface area contributed by atoms with Crippen molar-refractivity contribution in [3.63, 3.8) is 0 Å². The highest BCUT2D eigenvalue weighted by atomic mass is 16.5. The van der Waals surface area contributed by atoms with Crippen LogP contribution in [0, 0.1) is 6.92 Å². The van der Waals surface area contributed by atoms with Gasteiger partial charge in [0.1, 0.15) is 0 Å². The first-order chi connectivity index (χ1) is 12.2. The Bertz CT molecular complexity index is 919. The van der Waals surface area contributed by atoms with Crippen LogP contribution in [0.3, 0.4) is 0 Å². The Balaban J connectivity index is 1.31. The maximum absolute atomic E-state index is 12.3. The number of fused-ring (bicyclic) bond motifs is 2. The zero-order chi connectivity index (χ0) is 17.2. The van der Waals surface area contributed by atoms with E-state index in [4.69, 9.17) is 4.52 Å². The van der Waals surface area contributed by atoms with Crippen molar-refractivity contribution in [2.45, 2.75) is 19.8 Å². The number of pyridine rings is 1. The number of rotatable bonds is 5. The van der Waals surface area contributed by atoms with Gasteiger partial charge in [-0.15, -0.1) is 0 Å². The van der Waals surface area contributed by atoms with Crippen molar-refractivity contribution >= 4 is 22.7 Å². The van der Waals surface area contributed by atoms with Crippen LogP contribution in [0.25, 0.3) is 11.1 Å². The number of carbonyl (C=O) groups is 1. The van der Waals surface area contributed by atoms with Gasteiger partial charge < -0.3 is 14.7 Å². The van der Waals surface area contributed by atoms with E-state index in [0.29, 0.717) is 17.8 Å². The van der Waals surface area contributed by atoms with Crippen molar-refractivity contribution in [1.29, 1.82) is 0 Å². The molecule has 0 aliphatic carbocycles. The van der Waals surface area contributed by atoms with Gasteiger partial charge in [-0.1, -0.05) is 23.4 Å². The number of anilines is 1. The third kappa shape index (κ3) is 3.07. The van der Waals surface area contributed by atoms with Gasteiger partial charge in [-0.3, -0.25) is 4.79 Å². The number of carbonyl (C=O) groups excluding carboxylic acids is 1. The zero-order valence-electron chi connectivity index (χ0n) is 14.2.